The van der Waals surface area contributed by atoms with Gasteiger partial charge in [0, 0.05) is 5.56 Å². The predicted octanol–water partition coefficient (Wildman–Crippen LogP) is 2.33. The average molecular weight is 283 g/mol. The third-order valence-electron chi connectivity index (χ3n) is 4.23. The summed E-state index contributed by atoms with van der Waals surface area (Å²) < 4.78 is 0. The highest BCUT2D eigenvalue weighted by Crippen LogP contribution is 2.42. The second-order valence-electron chi connectivity index (χ2n) is 5.30. The van der Waals surface area contributed by atoms with Crippen molar-refractivity contribution in [3.63, 3.8) is 0 Å². The maximum absolute atomic E-state index is 12.4. The van der Waals surface area contributed by atoms with E-state index in [1.807, 2.05) is 55.5 Å². The molecule has 0 bridgehead atoms. The van der Waals surface area contributed by atoms with Gasteiger partial charge in [0.15, 0.2) is 6.23 Å². The van der Waals surface area contributed by atoms with Crippen molar-refractivity contribution in [1.82, 2.24) is 5.06 Å². The number of hydroxylamine groups is 2. The monoisotopic (exact) mass is 283 g/mol. The smallest absolute Gasteiger partial charge is 0.280 e. The fourth-order valence-electron chi connectivity index (χ4n) is 3.00. The molecule has 0 fully saturated rings. The Morgan fingerprint density at radius 3 is 2.38 bits per heavy atom. The summed E-state index contributed by atoms with van der Waals surface area (Å²) in [6.07, 6.45) is -1.09. The molecular weight excluding hydrogens is 266 g/mol. The highest BCUT2D eigenvalue weighted by molar-refractivity contribution is 5.97. The Hall–Kier alpha value is -2.17. The van der Waals surface area contributed by atoms with Crippen LogP contribution in [0.3, 0.4) is 0 Å². The molecule has 0 saturated carbocycles. The fraction of sp³-hybridized carbons (Fsp3) is 0.235. The number of rotatable bonds is 2. The van der Waals surface area contributed by atoms with Crippen molar-refractivity contribution in [1.29, 1.82) is 0 Å². The number of fused-ring (bicyclic) bond motifs is 1. The van der Waals surface area contributed by atoms with Crippen molar-refractivity contribution in [2.75, 3.05) is 7.11 Å². The Morgan fingerprint density at radius 2 is 1.71 bits per heavy atom. The zero-order chi connectivity index (χ0) is 15.0. The summed E-state index contributed by atoms with van der Waals surface area (Å²) in [4.78, 5) is 17.5. The van der Waals surface area contributed by atoms with E-state index in [0.717, 1.165) is 16.2 Å². The van der Waals surface area contributed by atoms with E-state index in [2.05, 4.69) is 0 Å². The number of nitrogens with zero attached hydrogens (tertiary/aromatic N) is 1. The van der Waals surface area contributed by atoms with Gasteiger partial charge in [-0.25, -0.2) is 0 Å². The first-order valence-corrected chi connectivity index (χ1v) is 6.81. The number of hydrogen-bond donors (Lipinski definition) is 1. The topological polar surface area (TPSA) is 49.8 Å². The molecule has 4 nitrogen and oxygen atoms in total. The van der Waals surface area contributed by atoms with Gasteiger partial charge in [-0.1, -0.05) is 48.5 Å². The van der Waals surface area contributed by atoms with Crippen LogP contribution in [0, 0.1) is 0 Å². The lowest BCUT2D eigenvalue weighted by molar-refractivity contribution is -0.203. The Kier molecular flexibility index (Phi) is 3.27. The SMILES string of the molecule is CON1C(=O)c2ccccc2[C@@](C)(c2ccccc2)[C@@H]1O. The number of aliphatic hydroxyl groups excluding tert-OH is 1. The van der Waals surface area contributed by atoms with Crippen molar-refractivity contribution >= 4 is 5.91 Å². The second kappa shape index (κ2) is 4.98. The molecule has 2 atom stereocenters. The molecule has 0 radical (unpaired) electrons. The zero-order valence-electron chi connectivity index (χ0n) is 12.0. The summed E-state index contributed by atoms with van der Waals surface area (Å²) in [7, 11) is 1.39. The predicted molar refractivity (Wildman–Crippen MR) is 78.5 cm³/mol. The van der Waals surface area contributed by atoms with Crippen LogP contribution >= 0.6 is 0 Å². The lowest BCUT2D eigenvalue weighted by Gasteiger charge is -2.44. The van der Waals surface area contributed by atoms with Crippen molar-refractivity contribution in [2.24, 2.45) is 0 Å². The van der Waals surface area contributed by atoms with Crippen LogP contribution in [0.2, 0.25) is 0 Å². The Bertz CT molecular complexity index is 671. The Morgan fingerprint density at radius 1 is 1.10 bits per heavy atom. The molecule has 1 N–H and O–H groups in total. The molecule has 1 aliphatic rings. The van der Waals surface area contributed by atoms with Crippen LogP contribution in [0.25, 0.3) is 0 Å². The fourth-order valence-corrected chi connectivity index (χ4v) is 3.00. The highest BCUT2D eigenvalue weighted by atomic mass is 16.7. The standard InChI is InChI=1S/C17H17NO3/c1-17(12-8-4-3-5-9-12)14-11-7-6-10-13(14)15(19)18(21-2)16(17)20/h3-11,16,20H,1-2H3/t16-,17+/m0/s1. The van der Waals surface area contributed by atoms with Gasteiger partial charge >= 0.3 is 0 Å². The first-order valence-electron chi connectivity index (χ1n) is 6.81. The van der Waals surface area contributed by atoms with E-state index in [9.17, 15) is 9.90 Å². The molecule has 0 aromatic heterocycles. The summed E-state index contributed by atoms with van der Waals surface area (Å²) >= 11 is 0. The van der Waals surface area contributed by atoms with E-state index in [-0.39, 0.29) is 5.91 Å². The molecule has 21 heavy (non-hydrogen) atoms. The molecule has 0 unspecified atom stereocenters. The minimum Gasteiger partial charge on any atom is -0.370 e. The van der Waals surface area contributed by atoms with Gasteiger partial charge in [0.2, 0.25) is 0 Å². The Balaban J connectivity index is 2.28. The van der Waals surface area contributed by atoms with E-state index >= 15 is 0 Å². The van der Waals surface area contributed by atoms with Crippen molar-refractivity contribution in [2.45, 2.75) is 18.6 Å². The van der Waals surface area contributed by atoms with Crippen molar-refractivity contribution in [3.05, 3.63) is 71.3 Å². The van der Waals surface area contributed by atoms with Crippen LogP contribution in [-0.2, 0) is 10.3 Å². The van der Waals surface area contributed by atoms with Gasteiger partial charge in [0.1, 0.15) is 0 Å². The maximum Gasteiger partial charge on any atom is 0.280 e. The molecule has 2 aromatic rings. The van der Waals surface area contributed by atoms with Crippen LogP contribution in [0.1, 0.15) is 28.4 Å². The van der Waals surface area contributed by atoms with Crippen LogP contribution in [0.15, 0.2) is 54.6 Å². The van der Waals surface area contributed by atoms with E-state index < -0.39 is 11.6 Å². The maximum atomic E-state index is 12.4. The van der Waals surface area contributed by atoms with Gasteiger partial charge in [0.25, 0.3) is 5.91 Å². The highest BCUT2D eigenvalue weighted by Gasteiger charge is 2.48. The summed E-state index contributed by atoms with van der Waals surface area (Å²) in [6.45, 7) is 1.92. The molecule has 1 aliphatic heterocycles. The number of amides is 1. The van der Waals surface area contributed by atoms with Gasteiger partial charge in [-0.2, -0.15) is 5.06 Å². The zero-order valence-corrected chi connectivity index (χ0v) is 12.0. The summed E-state index contributed by atoms with van der Waals surface area (Å²) in [6, 6.07) is 17.0. The molecule has 0 spiro atoms. The first kappa shape index (κ1) is 13.8. The van der Waals surface area contributed by atoms with Crippen LogP contribution in [0.4, 0.5) is 0 Å². The van der Waals surface area contributed by atoms with Gasteiger partial charge in [0.05, 0.1) is 12.5 Å². The molecule has 0 saturated heterocycles. The molecule has 1 heterocycles. The largest absolute Gasteiger partial charge is 0.370 e. The molecule has 3 rings (SSSR count). The van der Waals surface area contributed by atoms with Crippen molar-refractivity contribution in [3.8, 4) is 0 Å². The lowest BCUT2D eigenvalue weighted by Crippen LogP contribution is -2.56. The number of benzene rings is 2. The molecule has 4 heteroatoms. The minimum atomic E-state index is -1.09. The number of carbonyl (C=O) groups is 1. The van der Waals surface area contributed by atoms with E-state index in [0.29, 0.717) is 5.56 Å². The van der Waals surface area contributed by atoms with Crippen molar-refractivity contribution < 1.29 is 14.7 Å². The van der Waals surface area contributed by atoms with Gasteiger partial charge in [-0.3, -0.25) is 9.63 Å². The van der Waals surface area contributed by atoms with Crippen LogP contribution in [-0.4, -0.2) is 29.4 Å². The Labute approximate surface area is 123 Å². The van der Waals surface area contributed by atoms with Crippen LogP contribution < -0.4 is 0 Å². The summed E-state index contributed by atoms with van der Waals surface area (Å²) in [5.74, 6) is -0.325. The second-order valence-corrected chi connectivity index (χ2v) is 5.30. The van der Waals surface area contributed by atoms with Gasteiger partial charge in [-0.05, 0) is 24.1 Å². The molecule has 0 aliphatic carbocycles. The molecule has 108 valence electrons. The normalized spacial score (nSPS) is 24.8. The minimum absolute atomic E-state index is 0.325. The summed E-state index contributed by atoms with van der Waals surface area (Å²) in [5, 5.41) is 11.8. The summed E-state index contributed by atoms with van der Waals surface area (Å²) in [5.41, 5.74) is 1.54. The quantitative estimate of drug-likeness (QED) is 0.920. The van der Waals surface area contributed by atoms with E-state index in [1.165, 1.54) is 7.11 Å². The van der Waals surface area contributed by atoms with E-state index in [1.54, 1.807) is 6.07 Å². The third kappa shape index (κ3) is 1.87. The molecular formula is C17H17NO3. The lowest BCUT2D eigenvalue weighted by atomic mass is 9.70. The average Bonchev–Trinajstić information content (AvgIpc) is 2.54. The van der Waals surface area contributed by atoms with E-state index in [4.69, 9.17) is 4.84 Å². The molecule has 1 amide bonds. The number of aliphatic hydroxyl groups is 1. The van der Waals surface area contributed by atoms with Gasteiger partial charge in [-0.15, -0.1) is 0 Å². The first-order chi connectivity index (χ1) is 10.1. The third-order valence-corrected chi connectivity index (χ3v) is 4.23. The van der Waals surface area contributed by atoms with Crippen LogP contribution in [0.5, 0.6) is 0 Å². The molecule has 2 aromatic carbocycles. The van der Waals surface area contributed by atoms with Gasteiger partial charge < -0.3 is 5.11 Å². The number of hydrogen-bond acceptors (Lipinski definition) is 3. The number of carbonyl (C=O) groups excluding carboxylic acids is 1.